The molecule has 1 rings (SSSR count). The molecule has 0 aliphatic rings. The van der Waals surface area contributed by atoms with Crippen LogP contribution >= 0.6 is 15.9 Å². The van der Waals surface area contributed by atoms with Crippen molar-refractivity contribution in [3.63, 3.8) is 0 Å². The zero-order valence-electron chi connectivity index (χ0n) is 7.37. The molecule has 1 unspecified atom stereocenters. The van der Waals surface area contributed by atoms with Crippen molar-refractivity contribution in [3.8, 4) is 5.75 Å². The molecule has 1 aromatic carbocycles. The third-order valence-corrected chi connectivity index (χ3v) is 2.28. The minimum atomic E-state index is -0.0964. The molecule has 70 valence electrons. The standard InChI is InChI=1S/C10H11BrO2/c1-13-10-4-2-8(3-5-10)6-9(11)7-12/h2-5,7,9H,6H2,1H3. The Morgan fingerprint density at radius 2 is 2.08 bits per heavy atom. The van der Waals surface area contributed by atoms with Crippen molar-refractivity contribution in [3.05, 3.63) is 29.8 Å². The number of ether oxygens (including phenoxy) is 1. The van der Waals surface area contributed by atoms with E-state index in [1.165, 1.54) is 0 Å². The van der Waals surface area contributed by atoms with Crippen LogP contribution in [0.3, 0.4) is 0 Å². The molecular weight excluding hydrogens is 232 g/mol. The van der Waals surface area contributed by atoms with E-state index in [2.05, 4.69) is 15.9 Å². The van der Waals surface area contributed by atoms with E-state index >= 15 is 0 Å². The number of benzene rings is 1. The number of hydrogen-bond acceptors (Lipinski definition) is 2. The summed E-state index contributed by atoms with van der Waals surface area (Å²) in [5, 5.41) is 0. The zero-order chi connectivity index (χ0) is 9.68. The Hall–Kier alpha value is -0.830. The van der Waals surface area contributed by atoms with E-state index in [0.717, 1.165) is 17.6 Å². The Bertz CT molecular complexity index is 269. The normalized spacial score (nSPS) is 12.2. The number of carbonyl (C=O) groups excluding carboxylic acids is 1. The summed E-state index contributed by atoms with van der Waals surface area (Å²) in [6.45, 7) is 0. The van der Waals surface area contributed by atoms with E-state index in [1.54, 1.807) is 7.11 Å². The number of alkyl halides is 1. The fourth-order valence-electron chi connectivity index (χ4n) is 1.03. The molecule has 0 bridgehead atoms. The second kappa shape index (κ2) is 5.02. The Labute approximate surface area is 86.0 Å². The first-order valence-electron chi connectivity index (χ1n) is 3.98. The second-order valence-corrected chi connectivity index (χ2v) is 3.88. The maximum absolute atomic E-state index is 10.4. The van der Waals surface area contributed by atoms with Gasteiger partial charge in [-0.2, -0.15) is 0 Å². The molecule has 0 fully saturated rings. The minimum Gasteiger partial charge on any atom is -0.497 e. The average Bonchev–Trinajstić information content (AvgIpc) is 2.19. The predicted molar refractivity (Wildman–Crippen MR) is 55.5 cm³/mol. The van der Waals surface area contributed by atoms with Gasteiger partial charge in [-0.25, -0.2) is 0 Å². The molecule has 0 aliphatic carbocycles. The van der Waals surface area contributed by atoms with Crippen LogP contribution in [0.4, 0.5) is 0 Å². The summed E-state index contributed by atoms with van der Waals surface area (Å²) in [7, 11) is 1.63. The molecule has 0 radical (unpaired) electrons. The zero-order valence-corrected chi connectivity index (χ0v) is 8.95. The van der Waals surface area contributed by atoms with Gasteiger partial charge in [0.05, 0.1) is 11.9 Å². The molecule has 13 heavy (non-hydrogen) atoms. The Balaban J connectivity index is 2.63. The van der Waals surface area contributed by atoms with Crippen molar-refractivity contribution in [2.75, 3.05) is 7.11 Å². The molecule has 0 amide bonds. The molecule has 0 aromatic heterocycles. The van der Waals surface area contributed by atoms with Crippen molar-refractivity contribution < 1.29 is 9.53 Å². The number of carbonyl (C=O) groups is 1. The largest absolute Gasteiger partial charge is 0.497 e. The molecule has 0 spiro atoms. The average molecular weight is 243 g/mol. The van der Waals surface area contributed by atoms with Gasteiger partial charge in [-0.05, 0) is 24.1 Å². The first kappa shape index (κ1) is 10.3. The van der Waals surface area contributed by atoms with Gasteiger partial charge in [0.1, 0.15) is 12.0 Å². The fourth-order valence-corrected chi connectivity index (χ4v) is 1.41. The molecule has 1 aromatic rings. The SMILES string of the molecule is COc1ccc(CC(Br)C=O)cc1. The van der Waals surface area contributed by atoms with E-state index in [1.807, 2.05) is 24.3 Å². The molecule has 0 saturated carbocycles. The van der Waals surface area contributed by atoms with Gasteiger partial charge in [0.25, 0.3) is 0 Å². The lowest BCUT2D eigenvalue weighted by Crippen LogP contribution is -2.03. The van der Waals surface area contributed by atoms with Crippen molar-refractivity contribution in [1.82, 2.24) is 0 Å². The minimum absolute atomic E-state index is 0.0964. The summed E-state index contributed by atoms with van der Waals surface area (Å²) in [4.78, 5) is 10.3. The van der Waals surface area contributed by atoms with Crippen LogP contribution in [0.5, 0.6) is 5.75 Å². The topological polar surface area (TPSA) is 26.3 Å². The van der Waals surface area contributed by atoms with Gasteiger partial charge in [0, 0.05) is 0 Å². The number of rotatable bonds is 4. The van der Waals surface area contributed by atoms with Crippen LogP contribution in [-0.2, 0) is 11.2 Å². The molecule has 0 aliphatic heterocycles. The van der Waals surface area contributed by atoms with Crippen LogP contribution in [0, 0.1) is 0 Å². The summed E-state index contributed by atoms with van der Waals surface area (Å²) in [5.74, 6) is 0.834. The lowest BCUT2D eigenvalue weighted by Gasteiger charge is -2.03. The van der Waals surface area contributed by atoms with Crippen molar-refractivity contribution >= 4 is 22.2 Å². The molecule has 2 nitrogen and oxygen atoms in total. The lowest BCUT2D eigenvalue weighted by molar-refractivity contribution is -0.107. The maximum Gasteiger partial charge on any atom is 0.133 e. The van der Waals surface area contributed by atoms with Gasteiger partial charge in [-0.15, -0.1) is 0 Å². The van der Waals surface area contributed by atoms with Gasteiger partial charge >= 0.3 is 0 Å². The maximum atomic E-state index is 10.4. The third kappa shape index (κ3) is 3.19. The number of hydrogen-bond donors (Lipinski definition) is 0. The fraction of sp³-hybridized carbons (Fsp3) is 0.300. The molecule has 0 saturated heterocycles. The molecule has 0 heterocycles. The van der Waals surface area contributed by atoms with Crippen LogP contribution in [0.2, 0.25) is 0 Å². The Morgan fingerprint density at radius 3 is 2.54 bits per heavy atom. The van der Waals surface area contributed by atoms with Crippen LogP contribution in [0.25, 0.3) is 0 Å². The van der Waals surface area contributed by atoms with Crippen molar-refractivity contribution in [1.29, 1.82) is 0 Å². The highest BCUT2D eigenvalue weighted by atomic mass is 79.9. The summed E-state index contributed by atoms with van der Waals surface area (Å²) in [6, 6.07) is 7.69. The van der Waals surface area contributed by atoms with E-state index in [-0.39, 0.29) is 4.83 Å². The van der Waals surface area contributed by atoms with E-state index in [0.29, 0.717) is 6.42 Å². The highest BCUT2D eigenvalue weighted by Crippen LogP contribution is 2.14. The first-order valence-corrected chi connectivity index (χ1v) is 4.90. The number of methoxy groups -OCH3 is 1. The van der Waals surface area contributed by atoms with Crippen LogP contribution in [-0.4, -0.2) is 18.2 Å². The van der Waals surface area contributed by atoms with Crippen molar-refractivity contribution in [2.45, 2.75) is 11.2 Å². The van der Waals surface area contributed by atoms with E-state index in [4.69, 9.17) is 4.74 Å². The van der Waals surface area contributed by atoms with E-state index < -0.39 is 0 Å². The summed E-state index contributed by atoms with van der Waals surface area (Å²) >= 11 is 3.25. The first-order chi connectivity index (χ1) is 6.26. The summed E-state index contributed by atoms with van der Waals surface area (Å²) in [5.41, 5.74) is 1.12. The highest BCUT2D eigenvalue weighted by molar-refractivity contribution is 9.09. The van der Waals surface area contributed by atoms with Crippen LogP contribution in [0.1, 0.15) is 5.56 Å². The molecular formula is C10H11BrO2. The van der Waals surface area contributed by atoms with Gasteiger partial charge in [-0.1, -0.05) is 28.1 Å². The van der Waals surface area contributed by atoms with Gasteiger partial charge in [0.15, 0.2) is 0 Å². The predicted octanol–water partition coefficient (Wildman–Crippen LogP) is 2.20. The monoisotopic (exact) mass is 242 g/mol. The van der Waals surface area contributed by atoms with Crippen LogP contribution in [0.15, 0.2) is 24.3 Å². The molecule has 3 heteroatoms. The van der Waals surface area contributed by atoms with Gasteiger partial charge in [-0.3, -0.25) is 0 Å². The van der Waals surface area contributed by atoms with Gasteiger partial charge < -0.3 is 9.53 Å². The second-order valence-electron chi connectivity index (χ2n) is 2.70. The summed E-state index contributed by atoms with van der Waals surface area (Å²) < 4.78 is 5.02. The molecule has 1 atom stereocenters. The molecule has 0 N–H and O–H groups in total. The van der Waals surface area contributed by atoms with E-state index in [9.17, 15) is 4.79 Å². The van der Waals surface area contributed by atoms with Crippen LogP contribution < -0.4 is 4.74 Å². The number of halogens is 1. The highest BCUT2D eigenvalue weighted by Gasteiger charge is 2.02. The number of aldehydes is 1. The quantitative estimate of drug-likeness (QED) is 0.598. The summed E-state index contributed by atoms with van der Waals surface area (Å²) in [6.07, 6.45) is 1.61. The Morgan fingerprint density at radius 1 is 1.46 bits per heavy atom. The third-order valence-electron chi connectivity index (χ3n) is 1.74. The Kier molecular flexibility index (Phi) is 3.96. The van der Waals surface area contributed by atoms with Crippen molar-refractivity contribution in [2.24, 2.45) is 0 Å². The lowest BCUT2D eigenvalue weighted by atomic mass is 10.1. The van der Waals surface area contributed by atoms with Gasteiger partial charge in [0.2, 0.25) is 0 Å². The smallest absolute Gasteiger partial charge is 0.133 e.